The first-order valence-electron chi connectivity index (χ1n) is 5.42. The normalized spacial score (nSPS) is 17.6. The lowest BCUT2D eigenvalue weighted by atomic mass is 10.3. The number of pyridine rings is 1. The zero-order chi connectivity index (χ0) is 13.1. The van der Waals surface area contributed by atoms with E-state index in [0.717, 1.165) is 11.4 Å². The summed E-state index contributed by atoms with van der Waals surface area (Å²) in [7, 11) is 0. The molecule has 0 N–H and O–H groups in total. The standard InChI is InChI=1S/C13H12N2OS2/c1-3-7-15-12(16)11(18-13(15)17)8-10-6-4-5-9(2)14-10/h3-6,8H,1,7H2,2H3/b11-8-. The molecule has 3 nitrogen and oxygen atoms in total. The molecule has 1 fully saturated rings. The van der Waals surface area contributed by atoms with Crippen molar-refractivity contribution in [1.29, 1.82) is 0 Å². The van der Waals surface area contributed by atoms with E-state index >= 15 is 0 Å². The molecule has 2 rings (SSSR count). The number of amides is 1. The van der Waals surface area contributed by atoms with E-state index in [4.69, 9.17) is 12.2 Å². The van der Waals surface area contributed by atoms with Gasteiger partial charge in [0.1, 0.15) is 4.32 Å². The smallest absolute Gasteiger partial charge is 0.266 e. The molecule has 0 unspecified atom stereocenters. The molecule has 0 saturated carbocycles. The van der Waals surface area contributed by atoms with Gasteiger partial charge in [0, 0.05) is 12.2 Å². The Bertz CT molecular complexity index is 552. The summed E-state index contributed by atoms with van der Waals surface area (Å²) in [5, 5.41) is 0. The van der Waals surface area contributed by atoms with Gasteiger partial charge in [0.05, 0.1) is 10.6 Å². The fraction of sp³-hybridized carbons (Fsp3) is 0.154. The lowest BCUT2D eigenvalue weighted by molar-refractivity contribution is -0.121. The van der Waals surface area contributed by atoms with Crippen LogP contribution in [0.25, 0.3) is 6.08 Å². The Hall–Kier alpha value is -1.46. The summed E-state index contributed by atoms with van der Waals surface area (Å²) in [6.45, 7) is 5.98. The summed E-state index contributed by atoms with van der Waals surface area (Å²) >= 11 is 6.46. The number of rotatable bonds is 3. The number of thiocarbonyl (C=S) groups is 1. The van der Waals surface area contributed by atoms with Crippen LogP contribution < -0.4 is 0 Å². The van der Waals surface area contributed by atoms with E-state index in [1.54, 1.807) is 12.2 Å². The Morgan fingerprint density at radius 1 is 1.56 bits per heavy atom. The van der Waals surface area contributed by atoms with E-state index in [2.05, 4.69) is 11.6 Å². The van der Waals surface area contributed by atoms with Gasteiger partial charge in [-0.25, -0.2) is 0 Å². The molecule has 1 aliphatic rings. The van der Waals surface area contributed by atoms with Crippen LogP contribution in [0.2, 0.25) is 0 Å². The van der Waals surface area contributed by atoms with E-state index in [0.29, 0.717) is 15.8 Å². The molecule has 1 aromatic heterocycles. The summed E-state index contributed by atoms with van der Waals surface area (Å²) in [6.07, 6.45) is 3.44. The van der Waals surface area contributed by atoms with Crippen LogP contribution in [0, 0.1) is 6.92 Å². The predicted octanol–water partition coefficient (Wildman–Crippen LogP) is 2.78. The third kappa shape index (κ3) is 2.68. The molecular weight excluding hydrogens is 264 g/mol. The number of nitrogens with zero attached hydrogens (tertiary/aromatic N) is 2. The molecule has 2 heterocycles. The van der Waals surface area contributed by atoms with Gasteiger partial charge < -0.3 is 0 Å². The maximum absolute atomic E-state index is 12.1. The van der Waals surface area contributed by atoms with Gasteiger partial charge in [-0.1, -0.05) is 36.1 Å². The molecule has 1 saturated heterocycles. The minimum atomic E-state index is -0.0757. The van der Waals surface area contributed by atoms with Crippen molar-refractivity contribution in [1.82, 2.24) is 9.88 Å². The monoisotopic (exact) mass is 276 g/mol. The molecule has 0 spiro atoms. The SMILES string of the molecule is C=CCN1C(=O)/C(=C/c2cccc(C)n2)SC1=S. The molecule has 1 aliphatic heterocycles. The molecule has 0 radical (unpaired) electrons. The molecular formula is C13H12N2OS2. The van der Waals surface area contributed by atoms with Gasteiger partial charge in [0.2, 0.25) is 0 Å². The van der Waals surface area contributed by atoms with Crippen molar-refractivity contribution in [2.75, 3.05) is 6.54 Å². The lowest BCUT2D eigenvalue weighted by Gasteiger charge is -2.10. The molecule has 0 aromatic carbocycles. The minimum absolute atomic E-state index is 0.0757. The van der Waals surface area contributed by atoms with Gasteiger partial charge in [-0.3, -0.25) is 14.7 Å². The van der Waals surface area contributed by atoms with Crippen molar-refractivity contribution >= 4 is 40.3 Å². The molecule has 0 aliphatic carbocycles. The Labute approximate surface area is 116 Å². The highest BCUT2D eigenvalue weighted by molar-refractivity contribution is 8.26. The number of carbonyl (C=O) groups excluding carboxylic acids is 1. The van der Waals surface area contributed by atoms with Crippen LogP contribution in [0.5, 0.6) is 0 Å². The third-order valence-electron chi connectivity index (χ3n) is 2.37. The average Bonchev–Trinajstić information content (AvgIpc) is 2.57. The molecule has 1 amide bonds. The highest BCUT2D eigenvalue weighted by Gasteiger charge is 2.30. The fourth-order valence-corrected chi connectivity index (χ4v) is 2.83. The molecule has 18 heavy (non-hydrogen) atoms. The van der Waals surface area contributed by atoms with Crippen molar-refractivity contribution in [3.8, 4) is 0 Å². The lowest BCUT2D eigenvalue weighted by Crippen LogP contribution is -2.27. The van der Waals surface area contributed by atoms with Gasteiger partial charge in [-0.2, -0.15) is 0 Å². The first kappa shape index (κ1) is 13.0. The van der Waals surface area contributed by atoms with Gasteiger partial charge in [0.15, 0.2) is 0 Å². The second-order valence-corrected chi connectivity index (χ2v) is 5.46. The van der Waals surface area contributed by atoms with E-state index in [-0.39, 0.29) is 5.91 Å². The number of carbonyl (C=O) groups is 1. The van der Waals surface area contributed by atoms with Gasteiger partial charge in [-0.05, 0) is 25.1 Å². The summed E-state index contributed by atoms with van der Waals surface area (Å²) in [4.78, 5) is 18.6. The van der Waals surface area contributed by atoms with Crippen LogP contribution in [-0.4, -0.2) is 26.7 Å². The molecule has 1 aromatic rings. The van der Waals surface area contributed by atoms with Crippen LogP contribution in [0.4, 0.5) is 0 Å². The Kier molecular flexibility index (Phi) is 3.93. The molecule has 0 atom stereocenters. The summed E-state index contributed by atoms with van der Waals surface area (Å²) in [6, 6.07) is 5.70. The number of aryl methyl sites for hydroxylation is 1. The second kappa shape index (κ2) is 5.46. The van der Waals surface area contributed by atoms with Crippen molar-refractivity contribution < 1.29 is 4.79 Å². The number of hydrogen-bond acceptors (Lipinski definition) is 4. The van der Waals surface area contributed by atoms with Crippen molar-refractivity contribution in [2.24, 2.45) is 0 Å². The quantitative estimate of drug-likeness (QED) is 0.483. The molecule has 5 heteroatoms. The van der Waals surface area contributed by atoms with Crippen molar-refractivity contribution in [3.63, 3.8) is 0 Å². The van der Waals surface area contributed by atoms with Gasteiger partial charge >= 0.3 is 0 Å². The van der Waals surface area contributed by atoms with E-state index in [1.807, 2.05) is 25.1 Å². The topological polar surface area (TPSA) is 33.2 Å². The number of thioether (sulfide) groups is 1. The maximum atomic E-state index is 12.1. The van der Waals surface area contributed by atoms with Crippen molar-refractivity contribution in [2.45, 2.75) is 6.92 Å². The van der Waals surface area contributed by atoms with Crippen LogP contribution >= 0.6 is 24.0 Å². The Morgan fingerprint density at radius 3 is 3.00 bits per heavy atom. The number of aromatic nitrogens is 1. The van der Waals surface area contributed by atoms with Crippen LogP contribution in [0.15, 0.2) is 35.8 Å². The summed E-state index contributed by atoms with van der Waals surface area (Å²) in [5.41, 5.74) is 1.69. The zero-order valence-corrected chi connectivity index (χ0v) is 11.6. The first-order chi connectivity index (χ1) is 8.61. The maximum Gasteiger partial charge on any atom is 0.266 e. The Morgan fingerprint density at radius 2 is 2.33 bits per heavy atom. The second-order valence-electron chi connectivity index (χ2n) is 3.78. The van der Waals surface area contributed by atoms with E-state index in [1.165, 1.54) is 16.7 Å². The largest absolute Gasteiger partial charge is 0.289 e. The average molecular weight is 276 g/mol. The predicted molar refractivity (Wildman–Crippen MR) is 79.1 cm³/mol. The van der Waals surface area contributed by atoms with Crippen molar-refractivity contribution in [3.05, 3.63) is 47.1 Å². The molecule has 0 bridgehead atoms. The van der Waals surface area contributed by atoms with E-state index < -0.39 is 0 Å². The zero-order valence-electron chi connectivity index (χ0n) is 9.92. The Balaban J connectivity index is 2.27. The fourth-order valence-electron chi connectivity index (χ4n) is 1.57. The van der Waals surface area contributed by atoms with Crippen LogP contribution in [-0.2, 0) is 4.79 Å². The summed E-state index contributed by atoms with van der Waals surface area (Å²) < 4.78 is 0.568. The van der Waals surface area contributed by atoms with E-state index in [9.17, 15) is 4.79 Å². The van der Waals surface area contributed by atoms with Crippen LogP contribution in [0.1, 0.15) is 11.4 Å². The number of hydrogen-bond donors (Lipinski definition) is 0. The summed E-state index contributed by atoms with van der Waals surface area (Å²) in [5.74, 6) is -0.0757. The minimum Gasteiger partial charge on any atom is -0.289 e. The van der Waals surface area contributed by atoms with Crippen LogP contribution in [0.3, 0.4) is 0 Å². The van der Waals surface area contributed by atoms with Gasteiger partial charge in [-0.15, -0.1) is 6.58 Å². The highest BCUT2D eigenvalue weighted by atomic mass is 32.2. The molecule has 92 valence electrons. The highest BCUT2D eigenvalue weighted by Crippen LogP contribution is 2.31. The van der Waals surface area contributed by atoms with Gasteiger partial charge in [0.25, 0.3) is 5.91 Å². The first-order valence-corrected chi connectivity index (χ1v) is 6.64. The third-order valence-corrected chi connectivity index (χ3v) is 3.75.